The molecule has 128 valence electrons. The van der Waals surface area contributed by atoms with E-state index in [1.54, 1.807) is 7.11 Å². The maximum Gasteiger partial charge on any atom is 0.193 e. The van der Waals surface area contributed by atoms with Crippen molar-refractivity contribution in [2.75, 3.05) is 12.4 Å². The van der Waals surface area contributed by atoms with Gasteiger partial charge in [0.15, 0.2) is 5.96 Å². The molecule has 0 spiro atoms. The molecule has 4 nitrogen and oxygen atoms in total. The lowest BCUT2D eigenvalue weighted by molar-refractivity contribution is 0.353. The van der Waals surface area contributed by atoms with E-state index >= 15 is 0 Å². The summed E-state index contributed by atoms with van der Waals surface area (Å²) in [7, 11) is 1.63. The Kier molecular flexibility index (Phi) is 6.42. The van der Waals surface area contributed by atoms with Gasteiger partial charge in [-0.25, -0.2) is 9.38 Å². The van der Waals surface area contributed by atoms with Gasteiger partial charge < -0.3 is 15.8 Å². The Morgan fingerprint density at radius 1 is 1.21 bits per heavy atom. The molecule has 24 heavy (non-hydrogen) atoms. The molecule has 0 unspecified atom stereocenters. The Balaban J connectivity index is 0.00000208. The molecular formula is C18H21FIN3O. The van der Waals surface area contributed by atoms with Crippen LogP contribution in [-0.4, -0.2) is 19.1 Å². The molecule has 2 aromatic rings. The quantitative estimate of drug-likeness (QED) is 0.426. The maximum absolute atomic E-state index is 12.9. The first-order valence-corrected chi connectivity index (χ1v) is 7.64. The number of nitrogens with one attached hydrogen (secondary N) is 1. The third-order valence-corrected chi connectivity index (χ3v) is 4.12. The number of ether oxygens (including phenoxy) is 1. The van der Waals surface area contributed by atoms with Gasteiger partial charge in [-0.3, -0.25) is 0 Å². The third kappa shape index (κ3) is 4.59. The minimum absolute atomic E-state index is 0. The van der Waals surface area contributed by atoms with Gasteiger partial charge >= 0.3 is 0 Å². The Hall–Kier alpha value is -1.83. The standard InChI is InChI=1S/C18H20FN3O.HI/c1-23-17-4-2-3-15(11-17)21-18(20)22-16-9-13(10-16)12-5-7-14(19)8-6-12;/h2-8,11,13,16H,9-10H2,1H3,(H3,20,21,22);1H. The highest BCUT2D eigenvalue weighted by atomic mass is 127. The highest BCUT2D eigenvalue weighted by Crippen LogP contribution is 2.38. The lowest BCUT2D eigenvalue weighted by Gasteiger charge is -2.33. The number of anilines is 1. The predicted molar refractivity (Wildman–Crippen MR) is 106 cm³/mol. The van der Waals surface area contributed by atoms with Crippen molar-refractivity contribution >= 4 is 35.6 Å². The third-order valence-electron chi connectivity index (χ3n) is 4.12. The zero-order valence-corrected chi connectivity index (χ0v) is 15.7. The largest absolute Gasteiger partial charge is 0.497 e. The second kappa shape index (κ2) is 8.32. The van der Waals surface area contributed by atoms with Crippen LogP contribution in [0.4, 0.5) is 10.1 Å². The number of guanidine groups is 1. The molecule has 0 aliphatic heterocycles. The lowest BCUT2D eigenvalue weighted by atomic mass is 9.76. The van der Waals surface area contributed by atoms with Crippen LogP contribution >= 0.6 is 24.0 Å². The van der Waals surface area contributed by atoms with Crippen LogP contribution in [0.2, 0.25) is 0 Å². The second-order valence-electron chi connectivity index (χ2n) is 5.74. The number of nitrogens with zero attached hydrogens (tertiary/aromatic N) is 1. The van der Waals surface area contributed by atoms with E-state index < -0.39 is 0 Å². The fourth-order valence-corrected chi connectivity index (χ4v) is 2.78. The average molecular weight is 441 g/mol. The number of hydrogen-bond donors (Lipinski definition) is 2. The molecule has 6 heteroatoms. The molecule has 0 amide bonds. The van der Waals surface area contributed by atoms with Gasteiger partial charge in [-0.05, 0) is 48.6 Å². The van der Waals surface area contributed by atoms with E-state index in [9.17, 15) is 4.39 Å². The molecule has 1 saturated carbocycles. The zero-order valence-electron chi connectivity index (χ0n) is 13.4. The Bertz CT molecular complexity index is 700. The average Bonchev–Trinajstić information content (AvgIpc) is 2.52. The van der Waals surface area contributed by atoms with E-state index in [2.05, 4.69) is 10.3 Å². The minimum Gasteiger partial charge on any atom is -0.497 e. The van der Waals surface area contributed by atoms with Gasteiger partial charge in [0.2, 0.25) is 0 Å². The van der Waals surface area contributed by atoms with Gasteiger partial charge in [-0.1, -0.05) is 18.2 Å². The molecular weight excluding hydrogens is 420 g/mol. The molecule has 0 radical (unpaired) electrons. The fourth-order valence-electron chi connectivity index (χ4n) is 2.78. The summed E-state index contributed by atoms with van der Waals surface area (Å²) in [6.45, 7) is 0. The van der Waals surface area contributed by atoms with Crippen molar-refractivity contribution in [1.29, 1.82) is 0 Å². The predicted octanol–water partition coefficient (Wildman–Crippen LogP) is 4.13. The van der Waals surface area contributed by atoms with Crippen molar-refractivity contribution in [2.24, 2.45) is 10.7 Å². The van der Waals surface area contributed by atoms with Crippen LogP contribution in [0, 0.1) is 5.82 Å². The molecule has 3 N–H and O–H groups in total. The van der Waals surface area contributed by atoms with Crippen molar-refractivity contribution in [1.82, 2.24) is 0 Å². The van der Waals surface area contributed by atoms with Crippen LogP contribution in [0.25, 0.3) is 0 Å². The molecule has 0 aromatic heterocycles. The molecule has 1 fully saturated rings. The van der Waals surface area contributed by atoms with E-state index in [1.165, 1.54) is 12.1 Å². The van der Waals surface area contributed by atoms with Crippen LogP contribution in [0.1, 0.15) is 24.3 Å². The maximum atomic E-state index is 12.9. The van der Waals surface area contributed by atoms with Gasteiger partial charge in [0.05, 0.1) is 13.2 Å². The first-order chi connectivity index (χ1) is 11.1. The molecule has 0 atom stereocenters. The first-order valence-electron chi connectivity index (χ1n) is 7.64. The van der Waals surface area contributed by atoms with Crippen LogP contribution in [-0.2, 0) is 0 Å². The highest BCUT2D eigenvalue weighted by Gasteiger charge is 2.30. The smallest absolute Gasteiger partial charge is 0.193 e. The van der Waals surface area contributed by atoms with E-state index in [1.807, 2.05) is 36.4 Å². The summed E-state index contributed by atoms with van der Waals surface area (Å²) in [5, 5.41) is 3.08. The zero-order chi connectivity index (χ0) is 16.2. The van der Waals surface area contributed by atoms with E-state index in [0.717, 1.165) is 29.8 Å². The Labute approximate surface area is 158 Å². The fraction of sp³-hybridized carbons (Fsp3) is 0.278. The van der Waals surface area contributed by atoms with Crippen molar-refractivity contribution in [2.45, 2.75) is 24.8 Å². The summed E-state index contributed by atoms with van der Waals surface area (Å²) >= 11 is 0. The SMILES string of the molecule is COc1cccc(NC(N)=NC2CC(c3ccc(F)cc3)C2)c1.I. The van der Waals surface area contributed by atoms with Crippen molar-refractivity contribution in [3.8, 4) is 5.75 Å². The van der Waals surface area contributed by atoms with E-state index in [-0.39, 0.29) is 35.8 Å². The molecule has 0 heterocycles. The van der Waals surface area contributed by atoms with Crippen LogP contribution in [0.15, 0.2) is 53.5 Å². The summed E-state index contributed by atoms with van der Waals surface area (Å²) < 4.78 is 18.1. The Morgan fingerprint density at radius 3 is 2.58 bits per heavy atom. The van der Waals surface area contributed by atoms with Crippen molar-refractivity contribution in [3.05, 3.63) is 59.9 Å². The number of halogens is 2. The van der Waals surface area contributed by atoms with Gasteiger partial charge in [0, 0.05) is 11.8 Å². The summed E-state index contributed by atoms with van der Waals surface area (Å²) in [6.07, 6.45) is 1.87. The normalized spacial score (nSPS) is 19.8. The molecule has 0 bridgehead atoms. The summed E-state index contributed by atoms with van der Waals surface area (Å²) in [6, 6.07) is 14.4. The summed E-state index contributed by atoms with van der Waals surface area (Å²) in [5.41, 5.74) is 7.97. The monoisotopic (exact) mass is 441 g/mol. The number of hydrogen-bond acceptors (Lipinski definition) is 2. The molecule has 2 aromatic carbocycles. The number of rotatable bonds is 4. The molecule has 0 saturated heterocycles. The van der Waals surface area contributed by atoms with Crippen LogP contribution in [0.3, 0.4) is 0 Å². The number of methoxy groups -OCH3 is 1. The van der Waals surface area contributed by atoms with Gasteiger partial charge in [-0.2, -0.15) is 0 Å². The van der Waals surface area contributed by atoms with E-state index in [0.29, 0.717) is 11.9 Å². The van der Waals surface area contributed by atoms with Crippen LogP contribution in [0.5, 0.6) is 5.75 Å². The first kappa shape index (κ1) is 18.5. The Morgan fingerprint density at radius 2 is 1.92 bits per heavy atom. The lowest BCUT2D eigenvalue weighted by Crippen LogP contribution is -2.31. The number of nitrogens with two attached hydrogens (primary N) is 1. The topological polar surface area (TPSA) is 59.6 Å². The molecule has 1 aliphatic carbocycles. The second-order valence-corrected chi connectivity index (χ2v) is 5.74. The minimum atomic E-state index is -0.200. The number of benzene rings is 2. The van der Waals surface area contributed by atoms with Crippen molar-refractivity contribution < 1.29 is 9.13 Å². The van der Waals surface area contributed by atoms with Crippen molar-refractivity contribution in [3.63, 3.8) is 0 Å². The van der Waals surface area contributed by atoms with Gasteiger partial charge in [0.1, 0.15) is 11.6 Å². The molecule has 3 rings (SSSR count). The van der Waals surface area contributed by atoms with Gasteiger partial charge in [0.25, 0.3) is 0 Å². The highest BCUT2D eigenvalue weighted by molar-refractivity contribution is 14.0. The molecule has 1 aliphatic rings. The van der Waals surface area contributed by atoms with Gasteiger partial charge in [-0.15, -0.1) is 24.0 Å². The summed E-state index contributed by atoms with van der Waals surface area (Å²) in [5.74, 6) is 1.41. The summed E-state index contributed by atoms with van der Waals surface area (Å²) in [4.78, 5) is 4.49. The van der Waals surface area contributed by atoms with Crippen LogP contribution < -0.4 is 15.8 Å². The van der Waals surface area contributed by atoms with E-state index in [4.69, 9.17) is 10.5 Å². The number of aliphatic imine (C=N–C) groups is 1.